The van der Waals surface area contributed by atoms with E-state index in [1.807, 2.05) is 19.1 Å². The lowest BCUT2D eigenvalue weighted by Crippen LogP contribution is -2.13. The lowest BCUT2D eigenvalue weighted by Gasteiger charge is -2.15. The Labute approximate surface area is 104 Å². The number of carboxylic acid groups (broad SMARTS) is 1. The van der Waals surface area contributed by atoms with E-state index in [-0.39, 0.29) is 17.6 Å². The van der Waals surface area contributed by atoms with Crippen LogP contribution >= 0.6 is 0 Å². The zero-order chi connectivity index (χ0) is 13.0. The van der Waals surface area contributed by atoms with Crippen molar-refractivity contribution in [3.8, 4) is 0 Å². The van der Waals surface area contributed by atoms with Gasteiger partial charge >= 0.3 is 5.97 Å². The molecule has 0 spiro atoms. The summed E-state index contributed by atoms with van der Waals surface area (Å²) < 4.78 is 0. The number of nitrogens with one attached hydrogen (secondary N) is 1. The second-order valence-corrected chi connectivity index (χ2v) is 3.71. The van der Waals surface area contributed by atoms with Crippen molar-refractivity contribution < 1.29 is 9.90 Å². The smallest absolute Gasteiger partial charge is 0.358 e. The van der Waals surface area contributed by atoms with Gasteiger partial charge in [0, 0.05) is 24.8 Å². The molecule has 0 saturated carbocycles. The largest absolute Gasteiger partial charge is 0.476 e. The van der Waals surface area contributed by atoms with Gasteiger partial charge in [0.2, 0.25) is 0 Å². The summed E-state index contributed by atoms with van der Waals surface area (Å²) in [6.07, 6.45) is 6.17. The number of hydrogen-bond acceptors (Lipinski definition) is 5. The number of carbonyl (C=O) groups is 1. The first kappa shape index (κ1) is 12.0. The Morgan fingerprint density at radius 2 is 1.89 bits per heavy atom. The second-order valence-electron chi connectivity index (χ2n) is 3.71. The highest BCUT2D eigenvalue weighted by Gasteiger charge is 2.15. The van der Waals surface area contributed by atoms with Crippen molar-refractivity contribution in [1.29, 1.82) is 0 Å². The summed E-state index contributed by atoms with van der Waals surface area (Å²) in [5.74, 6) is -0.846. The van der Waals surface area contributed by atoms with Crippen molar-refractivity contribution >= 4 is 11.8 Å². The molecule has 2 N–H and O–H groups in total. The molecule has 0 aliphatic heterocycles. The minimum Gasteiger partial charge on any atom is -0.476 e. The van der Waals surface area contributed by atoms with Crippen LogP contribution in [-0.2, 0) is 0 Å². The molecule has 0 aliphatic carbocycles. The van der Waals surface area contributed by atoms with Crippen LogP contribution in [-0.4, -0.2) is 26.0 Å². The van der Waals surface area contributed by atoms with Gasteiger partial charge in [-0.15, -0.1) is 0 Å². The van der Waals surface area contributed by atoms with Crippen LogP contribution in [0.1, 0.15) is 29.0 Å². The fourth-order valence-electron chi connectivity index (χ4n) is 1.54. The molecule has 2 rings (SSSR count). The predicted octanol–water partition coefficient (Wildman–Crippen LogP) is 1.74. The first-order chi connectivity index (χ1) is 8.68. The van der Waals surface area contributed by atoms with E-state index in [1.54, 1.807) is 12.4 Å². The molecule has 0 saturated heterocycles. The Kier molecular flexibility index (Phi) is 3.47. The van der Waals surface area contributed by atoms with Gasteiger partial charge in [-0.05, 0) is 24.6 Å². The minimum absolute atomic E-state index is 0.0807. The van der Waals surface area contributed by atoms with Gasteiger partial charge in [-0.1, -0.05) is 0 Å². The number of nitrogens with zero attached hydrogens (tertiary/aromatic N) is 3. The molecule has 2 aromatic rings. The first-order valence-electron chi connectivity index (χ1n) is 5.39. The van der Waals surface area contributed by atoms with Crippen LogP contribution in [0.25, 0.3) is 0 Å². The molecule has 0 radical (unpaired) electrons. The van der Waals surface area contributed by atoms with Crippen molar-refractivity contribution in [2.24, 2.45) is 0 Å². The molecular formula is C12H12N4O2. The van der Waals surface area contributed by atoms with Gasteiger partial charge in [-0.3, -0.25) is 4.98 Å². The molecule has 2 aromatic heterocycles. The Balaban J connectivity index is 2.22. The van der Waals surface area contributed by atoms with Crippen LogP contribution in [0.2, 0.25) is 0 Å². The SMILES string of the molecule is CC(Nc1nccnc1C(=O)O)c1ccncc1. The monoisotopic (exact) mass is 244 g/mol. The summed E-state index contributed by atoms with van der Waals surface area (Å²) >= 11 is 0. The van der Waals surface area contributed by atoms with Gasteiger partial charge in [0.05, 0.1) is 6.04 Å². The van der Waals surface area contributed by atoms with Crippen molar-refractivity contribution in [1.82, 2.24) is 15.0 Å². The third-order valence-electron chi connectivity index (χ3n) is 2.46. The Bertz CT molecular complexity index is 545. The van der Waals surface area contributed by atoms with Gasteiger partial charge in [0.1, 0.15) is 0 Å². The summed E-state index contributed by atoms with van der Waals surface area (Å²) in [6, 6.07) is 3.63. The number of rotatable bonds is 4. The summed E-state index contributed by atoms with van der Waals surface area (Å²) in [5, 5.41) is 12.0. The summed E-state index contributed by atoms with van der Waals surface area (Å²) in [4.78, 5) is 22.7. The highest BCUT2D eigenvalue weighted by atomic mass is 16.4. The van der Waals surface area contributed by atoms with E-state index in [4.69, 9.17) is 5.11 Å². The van der Waals surface area contributed by atoms with Gasteiger partial charge < -0.3 is 10.4 Å². The molecule has 1 atom stereocenters. The molecule has 0 aliphatic rings. The topological polar surface area (TPSA) is 88.0 Å². The van der Waals surface area contributed by atoms with Crippen molar-refractivity contribution in [2.45, 2.75) is 13.0 Å². The lowest BCUT2D eigenvalue weighted by atomic mass is 10.1. The van der Waals surface area contributed by atoms with Crippen molar-refractivity contribution in [3.05, 3.63) is 48.2 Å². The normalized spacial score (nSPS) is 11.8. The van der Waals surface area contributed by atoms with Crippen LogP contribution in [0.4, 0.5) is 5.82 Å². The van der Waals surface area contributed by atoms with Crippen LogP contribution in [0.15, 0.2) is 36.9 Å². The number of hydrogen-bond donors (Lipinski definition) is 2. The number of carboxylic acids is 1. The zero-order valence-corrected chi connectivity index (χ0v) is 9.74. The van der Waals surface area contributed by atoms with E-state index >= 15 is 0 Å². The minimum atomic E-state index is -1.10. The quantitative estimate of drug-likeness (QED) is 0.851. The summed E-state index contributed by atoms with van der Waals surface area (Å²) in [5.41, 5.74) is 0.908. The maximum atomic E-state index is 11.0. The molecule has 18 heavy (non-hydrogen) atoms. The fourth-order valence-corrected chi connectivity index (χ4v) is 1.54. The number of anilines is 1. The van der Waals surface area contributed by atoms with Crippen LogP contribution in [0.3, 0.4) is 0 Å². The average Bonchev–Trinajstić information content (AvgIpc) is 2.40. The number of aromatic carboxylic acids is 1. The standard InChI is InChI=1S/C12H12N4O2/c1-8(9-2-4-13-5-3-9)16-11-10(12(17)18)14-6-7-15-11/h2-8H,1H3,(H,15,16)(H,17,18). The predicted molar refractivity (Wildman–Crippen MR) is 65.3 cm³/mol. The van der Waals surface area contributed by atoms with Gasteiger partial charge in [-0.2, -0.15) is 0 Å². The number of pyridine rings is 1. The highest BCUT2D eigenvalue weighted by Crippen LogP contribution is 2.18. The number of aromatic nitrogens is 3. The van der Waals surface area contributed by atoms with Crippen LogP contribution in [0.5, 0.6) is 0 Å². The maximum Gasteiger partial charge on any atom is 0.358 e. The first-order valence-corrected chi connectivity index (χ1v) is 5.39. The second kappa shape index (κ2) is 5.22. The van der Waals surface area contributed by atoms with E-state index in [9.17, 15) is 4.79 Å². The lowest BCUT2D eigenvalue weighted by molar-refractivity contribution is 0.0691. The molecule has 6 heteroatoms. The Morgan fingerprint density at radius 3 is 2.56 bits per heavy atom. The van der Waals surface area contributed by atoms with E-state index in [1.165, 1.54) is 12.4 Å². The third kappa shape index (κ3) is 2.60. The molecule has 92 valence electrons. The van der Waals surface area contributed by atoms with E-state index in [2.05, 4.69) is 20.3 Å². The molecule has 0 amide bonds. The van der Waals surface area contributed by atoms with Gasteiger partial charge in [-0.25, -0.2) is 14.8 Å². The highest BCUT2D eigenvalue weighted by molar-refractivity contribution is 5.90. The fraction of sp³-hybridized carbons (Fsp3) is 0.167. The van der Waals surface area contributed by atoms with E-state index in [0.29, 0.717) is 0 Å². The molecule has 0 fully saturated rings. The van der Waals surface area contributed by atoms with Crippen molar-refractivity contribution in [2.75, 3.05) is 5.32 Å². The molecule has 0 aromatic carbocycles. The molecular weight excluding hydrogens is 232 g/mol. The average molecular weight is 244 g/mol. The van der Waals surface area contributed by atoms with Crippen molar-refractivity contribution in [3.63, 3.8) is 0 Å². The molecule has 1 unspecified atom stereocenters. The zero-order valence-electron chi connectivity index (χ0n) is 9.74. The maximum absolute atomic E-state index is 11.0. The van der Waals surface area contributed by atoms with Gasteiger partial charge in [0.25, 0.3) is 0 Å². The van der Waals surface area contributed by atoms with Gasteiger partial charge in [0.15, 0.2) is 11.5 Å². The van der Waals surface area contributed by atoms with E-state index in [0.717, 1.165) is 5.56 Å². The van der Waals surface area contributed by atoms with E-state index < -0.39 is 5.97 Å². The molecule has 0 bridgehead atoms. The van der Waals surface area contributed by atoms with Crippen LogP contribution in [0, 0.1) is 0 Å². The van der Waals surface area contributed by atoms with Crippen LogP contribution < -0.4 is 5.32 Å². The summed E-state index contributed by atoms with van der Waals surface area (Å²) in [7, 11) is 0. The molecule has 6 nitrogen and oxygen atoms in total. The third-order valence-corrected chi connectivity index (χ3v) is 2.46. The Morgan fingerprint density at radius 1 is 1.22 bits per heavy atom. The molecule has 2 heterocycles. The summed E-state index contributed by atoms with van der Waals surface area (Å²) in [6.45, 7) is 1.91. The Hall–Kier alpha value is -2.50.